The maximum absolute atomic E-state index is 11.8. The first-order chi connectivity index (χ1) is 9.81. The Morgan fingerprint density at radius 2 is 2.00 bits per heavy atom. The lowest BCUT2D eigenvalue weighted by molar-refractivity contribution is 0.251. The van der Waals surface area contributed by atoms with Crippen molar-refractivity contribution in [3.05, 3.63) is 46.5 Å². The van der Waals surface area contributed by atoms with Crippen molar-refractivity contribution in [3.8, 4) is 0 Å². The van der Waals surface area contributed by atoms with Crippen molar-refractivity contribution < 1.29 is 4.79 Å². The Bertz CT molecular complexity index is 571. The van der Waals surface area contributed by atoms with Gasteiger partial charge in [-0.15, -0.1) is 11.3 Å². The van der Waals surface area contributed by atoms with Crippen LogP contribution in [0.1, 0.15) is 29.0 Å². The van der Waals surface area contributed by atoms with Crippen LogP contribution in [0.15, 0.2) is 30.3 Å². The minimum absolute atomic E-state index is 0.194. The van der Waals surface area contributed by atoms with E-state index in [1.54, 1.807) is 11.3 Å². The zero-order valence-corrected chi connectivity index (χ0v) is 12.0. The number of carbonyl (C=O) groups excluding carboxylic acids is 1. The summed E-state index contributed by atoms with van der Waals surface area (Å²) in [6.07, 6.45) is 4.57. The molecule has 20 heavy (non-hydrogen) atoms. The van der Waals surface area contributed by atoms with Crippen LogP contribution in [-0.2, 0) is 19.4 Å². The number of nitrogens with one attached hydrogen (secondary N) is 2. The van der Waals surface area contributed by atoms with E-state index in [0.717, 1.165) is 18.4 Å². The molecule has 2 aromatic rings. The van der Waals surface area contributed by atoms with Gasteiger partial charge in [-0.05, 0) is 31.2 Å². The normalized spacial score (nSPS) is 13.6. The van der Waals surface area contributed by atoms with E-state index >= 15 is 0 Å². The SMILES string of the molecule is O=C(NCc1ccccc1)Nc1nc2c(s1)CCCC2. The van der Waals surface area contributed by atoms with Crippen LogP contribution in [0.3, 0.4) is 0 Å². The Kier molecular flexibility index (Phi) is 3.97. The van der Waals surface area contributed by atoms with Crippen LogP contribution in [0.2, 0.25) is 0 Å². The number of nitrogens with zero attached hydrogens (tertiary/aromatic N) is 1. The lowest BCUT2D eigenvalue weighted by atomic mass is 10.0. The molecular formula is C15H17N3OS. The molecule has 3 rings (SSSR count). The second-order valence-electron chi connectivity index (χ2n) is 4.89. The molecule has 1 aliphatic carbocycles. The summed E-state index contributed by atoms with van der Waals surface area (Å²) in [6.45, 7) is 0.526. The highest BCUT2D eigenvalue weighted by Crippen LogP contribution is 2.29. The number of benzene rings is 1. The van der Waals surface area contributed by atoms with Gasteiger partial charge in [0.2, 0.25) is 0 Å². The smallest absolute Gasteiger partial charge is 0.321 e. The van der Waals surface area contributed by atoms with Crippen molar-refractivity contribution in [2.24, 2.45) is 0 Å². The van der Waals surface area contributed by atoms with E-state index in [4.69, 9.17) is 0 Å². The molecule has 0 bridgehead atoms. The summed E-state index contributed by atoms with van der Waals surface area (Å²) in [5.41, 5.74) is 2.25. The summed E-state index contributed by atoms with van der Waals surface area (Å²) in [7, 11) is 0. The number of thiazole rings is 1. The molecule has 1 heterocycles. The summed E-state index contributed by atoms with van der Waals surface area (Å²) in [6, 6.07) is 9.67. The summed E-state index contributed by atoms with van der Waals surface area (Å²) in [5, 5.41) is 6.38. The average Bonchev–Trinajstić information content (AvgIpc) is 2.88. The first kappa shape index (κ1) is 13.1. The number of urea groups is 1. The highest BCUT2D eigenvalue weighted by atomic mass is 32.1. The van der Waals surface area contributed by atoms with Gasteiger partial charge in [-0.25, -0.2) is 9.78 Å². The number of rotatable bonds is 3. The molecule has 2 N–H and O–H groups in total. The monoisotopic (exact) mass is 287 g/mol. The van der Waals surface area contributed by atoms with Gasteiger partial charge >= 0.3 is 6.03 Å². The Hall–Kier alpha value is -1.88. The molecule has 0 atom stereocenters. The fraction of sp³-hybridized carbons (Fsp3) is 0.333. The van der Waals surface area contributed by atoms with Gasteiger partial charge in [0.1, 0.15) is 0 Å². The largest absolute Gasteiger partial charge is 0.334 e. The molecule has 0 fully saturated rings. The molecule has 0 radical (unpaired) electrons. The van der Waals surface area contributed by atoms with Crippen molar-refractivity contribution >= 4 is 22.5 Å². The Balaban J connectivity index is 1.55. The third kappa shape index (κ3) is 3.17. The number of aryl methyl sites for hydroxylation is 2. The molecule has 2 amide bonds. The third-order valence-corrected chi connectivity index (χ3v) is 4.43. The van der Waals surface area contributed by atoms with Gasteiger partial charge in [0.05, 0.1) is 5.69 Å². The highest BCUT2D eigenvalue weighted by Gasteiger charge is 2.16. The zero-order chi connectivity index (χ0) is 13.8. The summed E-state index contributed by atoms with van der Waals surface area (Å²) in [4.78, 5) is 17.7. The molecule has 104 valence electrons. The van der Waals surface area contributed by atoms with Gasteiger partial charge < -0.3 is 5.32 Å². The predicted molar refractivity (Wildman–Crippen MR) is 81.1 cm³/mol. The Morgan fingerprint density at radius 3 is 2.80 bits per heavy atom. The van der Waals surface area contributed by atoms with Gasteiger partial charge in [-0.2, -0.15) is 0 Å². The number of hydrogen-bond donors (Lipinski definition) is 2. The molecule has 0 unspecified atom stereocenters. The maximum Gasteiger partial charge on any atom is 0.321 e. The van der Waals surface area contributed by atoms with Crippen molar-refractivity contribution in [3.63, 3.8) is 0 Å². The fourth-order valence-electron chi connectivity index (χ4n) is 2.32. The van der Waals surface area contributed by atoms with E-state index in [1.165, 1.54) is 23.4 Å². The van der Waals surface area contributed by atoms with Gasteiger partial charge in [-0.3, -0.25) is 5.32 Å². The topological polar surface area (TPSA) is 54.0 Å². The predicted octanol–water partition coefficient (Wildman–Crippen LogP) is 3.34. The van der Waals surface area contributed by atoms with E-state index in [1.807, 2.05) is 30.3 Å². The fourth-order valence-corrected chi connectivity index (χ4v) is 3.37. The third-order valence-electron chi connectivity index (χ3n) is 3.36. The number of aromatic nitrogens is 1. The van der Waals surface area contributed by atoms with Gasteiger partial charge in [-0.1, -0.05) is 30.3 Å². The van der Waals surface area contributed by atoms with E-state index in [0.29, 0.717) is 11.7 Å². The lowest BCUT2D eigenvalue weighted by Gasteiger charge is -2.06. The van der Waals surface area contributed by atoms with E-state index in [-0.39, 0.29) is 6.03 Å². The van der Waals surface area contributed by atoms with Crippen molar-refractivity contribution in [1.82, 2.24) is 10.3 Å². The molecule has 0 saturated heterocycles. The second kappa shape index (κ2) is 6.05. The summed E-state index contributed by atoms with van der Waals surface area (Å²) < 4.78 is 0. The minimum atomic E-state index is -0.194. The number of carbonyl (C=O) groups is 1. The Labute approximate surface area is 122 Å². The van der Waals surface area contributed by atoms with Crippen LogP contribution in [-0.4, -0.2) is 11.0 Å². The standard InChI is InChI=1S/C15H17N3OS/c19-14(16-10-11-6-2-1-3-7-11)18-15-17-12-8-4-5-9-13(12)20-15/h1-3,6-7H,4-5,8-10H2,(H2,16,17,18,19). The molecule has 1 aromatic heterocycles. The van der Waals surface area contributed by atoms with Gasteiger partial charge in [0.25, 0.3) is 0 Å². The van der Waals surface area contributed by atoms with E-state index in [2.05, 4.69) is 15.6 Å². The van der Waals surface area contributed by atoms with Crippen LogP contribution >= 0.6 is 11.3 Å². The number of hydrogen-bond acceptors (Lipinski definition) is 3. The van der Waals surface area contributed by atoms with Crippen LogP contribution in [0.4, 0.5) is 9.93 Å². The van der Waals surface area contributed by atoms with Gasteiger partial charge in [0, 0.05) is 11.4 Å². The molecule has 0 spiro atoms. The molecule has 1 aliphatic rings. The molecule has 4 nitrogen and oxygen atoms in total. The molecule has 5 heteroatoms. The highest BCUT2D eigenvalue weighted by molar-refractivity contribution is 7.15. The maximum atomic E-state index is 11.8. The lowest BCUT2D eigenvalue weighted by Crippen LogP contribution is -2.28. The second-order valence-corrected chi connectivity index (χ2v) is 5.97. The number of amides is 2. The van der Waals surface area contributed by atoms with Crippen molar-refractivity contribution in [2.75, 3.05) is 5.32 Å². The first-order valence-corrected chi connectivity index (χ1v) is 7.70. The summed E-state index contributed by atoms with van der Waals surface area (Å²) in [5.74, 6) is 0. The Morgan fingerprint density at radius 1 is 1.20 bits per heavy atom. The summed E-state index contributed by atoms with van der Waals surface area (Å²) >= 11 is 1.60. The van der Waals surface area contributed by atoms with Gasteiger partial charge in [0.15, 0.2) is 5.13 Å². The van der Waals surface area contributed by atoms with Crippen LogP contribution < -0.4 is 10.6 Å². The number of fused-ring (bicyclic) bond motifs is 1. The number of anilines is 1. The quantitative estimate of drug-likeness (QED) is 0.909. The average molecular weight is 287 g/mol. The molecular weight excluding hydrogens is 270 g/mol. The zero-order valence-electron chi connectivity index (χ0n) is 11.2. The van der Waals surface area contributed by atoms with Crippen LogP contribution in [0.5, 0.6) is 0 Å². The van der Waals surface area contributed by atoms with Crippen molar-refractivity contribution in [2.45, 2.75) is 32.2 Å². The van der Waals surface area contributed by atoms with Crippen molar-refractivity contribution in [1.29, 1.82) is 0 Å². The van der Waals surface area contributed by atoms with E-state index < -0.39 is 0 Å². The molecule has 0 saturated carbocycles. The molecule has 0 aliphatic heterocycles. The van der Waals surface area contributed by atoms with Crippen LogP contribution in [0, 0.1) is 0 Å². The van der Waals surface area contributed by atoms with Crippen LogP contribution in [0.25, 0.3) is 0 Å². The molecule has 1 aromatic carbocycles. The van der Waals surface area contributed by atoms with E-state index in [9.17, 15) is 4.79 Å². The minimum Gasteiger partial charge on any atom is -0.334 e. The first-order valence-electron chi connectivity index (χ1n) is 6.88.